The molecule has 0 aliphatic carbocycles. The summed E-state index contributed by atoms with van der Waals surface area (Å²) in [5, 5.41) is 7.69. The Morgan fingerprint density at radius 1 is 1.17 bits per heavy atom. The predicted octanol–water partition coefficient (Wildman–Crippen LogP) is 1.68. The summed E-state index contributed by atoms with van der Waals surface area (Å²) in [7, 11) is 0. The van der Waals surface area contributed by atoms with E-state index in [9.17, 15) is 9.59 Å². The molecule has 0 saturated carbocycles. The zero-order valence-electron chi connectivity index (χ0n) is 13.6. The van der Waals surface area contributed by atoms with E-state index < -0.39 is 0 Å². The average Bonchev–Trinajstić information content (AvgIpc) is 3.22. The fourth-order valence-corrected chi connectivity index (χ4v) is 4.51. The van der Waals surface area contributed by atoms with Crippen LogP contribution in [0.1, 0.15) is 30.2 Å². The molecule has 1 saturated heterocycles. The third-order valence-electron chi connectivity index (χ3n) is 4.98. The second-order valence-corrected chi connectivity index (χ2v) is 7.55. The fraction of sp³-hybridized carbons (Fsp3) is 0.529. The summed E-state index contributed by atoms with van der Waals surface area (Å²) in [5.74, 6) is 0.0490. The average molecular weight is 346 g/mol. The Morgan fingerprint density at radius 3 is 2.75 bits per heavy atom. The largest absolute Gasteiger partial charge is 0.332 e. The highest BCUT2D eigenvalue weighted by Crippen LogP contribution is 2.34. The molecule has 2 N–H and O–H groups in total. The van der Waals surface area contributed by atoms with E-state index in [1.165, 1.54) is 19.3 Å². The van der Waals surface area contributed by atoms with Crippen LogP contribution >= 0.6 is 11.3 Å². The van der Waals surface area contributed by atoms with Crippen molar-refractivity contribution < 1.29 is 9.59 Å². The van der Waals surface area contributed by atoms with Crippen LogP contribution < -0.4 is 10.6 Å². The number of thiophene rings is 1. The molecule has 3 aliphatic heterocycles. The summed E-state index contributed by atoms with van der Waals surface area (Å²) in [6.45, 7) is 4.41. The molecule has 0 aromatic carbocycles. The molecule has 24 heavy (non-hydrogen) atoms. The van der Waals surface area contributed by atoms with Crippen molar-refractivity contribution in [1.82, 2.24) is 20.4 Å². The first kappa shape index (κ1) is 15.7. The molecule has 1 unspecified atom stereocenters. The van der Waals surface area contributed by atoms with Crippen LogP contribution in [-0.4, -0.2) is 54.5 Å². The second-order valence-electron chi connectivity index (χ2n) is 6.57. The molecular formula is C17H22N4O2S. The molecule has 0 radical (unpaired) electrons. The van der Waals surface area contributed by atoms with Gasteiger partial charge in [0, 0.05) is 18.0 Å². The zero-order valence-corrected chi connectivity index (χ0v) is 14.4. The molecule has 1 aromatic rings. The quantitative estimate of drug-likeness (QED) is 0.872. The summed E-state index contributed by atoms with van der Waals surface area (Å²) in [6, 6.07) is 3.37. The van der Waals surface area contributed by atoms with E-state index >= 15 is 0 Å². The Morgan fingerprint density at radius 2 is 2.00 bits per heavy atom. The Kier molecular flexibility index (Phi) is 4.28. The molecule has 3 amide bonds. The highest BCUT2D eigenvalue weighted by Gasteiger charge is 2.40. The van der Waals surface area contributed by atoms with Gasteiger partial charge in [-0.15, -0.1) is 11.3 Å². The Bertz CT molecular complexity index is 664. The zero-order chi connectivity index (χ0) is 16.5. The first-order valence-electron chi connectivity index (χ1n) is 8.58. The third-order valence-corrected chi connectivity index (χ3v) is 5.92. The molecule has 1 aromatic heterocycles. The van der Waals surface area contributed by atoms with Crippen molar-refractivity contribution in [3.8, 4) is 0 Å². The van der Waals surface area contributed by atoms with Crippen LogP contribution in [0, 0.1) is 0 Å². The lowest BCUT2D eigenvalue weighted by molar-refractivity contribution is -0.126. The van der Waals surface area contributed by atoms with Gasteiger partial charge < -0.3 is 20.4 Å². The normalized spacial score (nSPS) is 24.8. The van der Waals surface area contributed by atoms with Gasteiger partial charge in [-0.3, -0.25) is 4.79 Å². The van der Waals surface area contributed by atoms with Crippen LogP contribution in [0.2, 0.25) is 0 Å². The maximum absolute atomic E-state index is 12.9. The van der Waals surface area contributed by atoms with Gasteiger partial charge in [0.2, 0.25) is 0 Å². The maximum atomic E-state index is 12.9. The van der Waals surface area contributed by atoms with E-state index in [4.69, 9.17) is 0 Å². The molecule has 0 bridgehead atoms. The number of piperidine rings is 1. The summed E-state index contributed by atoms with van der Waals surface area (Å²) >= 11 is 1.56. The van der Waals surface area contributed by atoms with Gasteiger partial charge in [0.15, 0.2) is 0 Å². The first-order valence-corrected chi connectivity index (χ1v) is 9.46. The van der Waals surface area contributed by atoms with Crippen LogP contribution in [0.4, 0.5) is 4.79 Å². The van der Waals surface area contributed by atoms with Crippen LogP contribution in [0.3, 0.4) is 0 Å². The van der Waals surface area contributed by atoms with E-state index in [0.717, 1.165) is 36.8 Å². The standard InChI is InChI=1S/C17H22N4O2S/c22-16-14-12(11-21(16)9-8-20-6-2-1-3-7-20)18-17(23)19-15(14)13-5-4-10-24-13/h4-5,10,15H,1-3,6-9,11H2,(H2,18,19,23). The molecule has 0 spiro atoms. The van der Waals surface area contributed by atoms with E-state index in [2.05, 4.69) is 15.5 Å². The molecule has 1 atom stereocenters. The monoisotopic (exact) mass is 346 g/mol. The van der Waals surface area contributed by atoms with Crippen molar-refractivity contribution in [3.05, 3.63) is 33.7 Å². The number of carbonyl (C=O) groups is 2. The van der Waals surface area contributed by atoms with Crippen molar-refractivity contribution in [3.63, 3.8) is 0 Å². The minimum absolute atomic E-state index is 0.0490. The number of amides is 3. The van der Waals surface area contributed by atoms with Crippen molar-refractivity contribution in [1.29, 1.82) is 0 Å². The number of nitrogens with zero attached hydrogens (tertiary/aromatic N) is 2. The Labute approximate surface area is 145 Å². The molecule has 128 valence electrons. The number of hydrogen-bond acceptors (Lipinski definition) is 4. The van der Waals surface area contributed by atoms with Gasteiger partial charge in [-0.2, -0.15) is 0 Å². The highest BCUT2D eigenvalue weighted by atomic mass is 32.1. The maximum Gasteiger partial charge on any atom is 0.319 e. The number of urea groups is 1. The van der Waals surface area contributed by atoms with Gasteiger partial charge in [-0.25, -0.2) is 4.79 Å². The SMILES string of the molecule is O=C1NC2=C(C(=O)N(CCN3CCCCC3)C2)C(c2cccs2)N1. The van der Waals surface area contributed by atoms with Crippen LogP contribution in [-0.2, 0) is 4.79 Å². The number of rotatable bonds is 4. The summed E-state index contributed by atoms with van der Waals surface area (Å²) in [6.07, 6.45) is 3.82. The number of carbonyl (C=O) groups excluding carboxylic acids is 2. The van der Waals surface area contributed by atoms with E-state index in [-0.39, 0.29) is 18.0 Å². The van der Waals surface area contributed by atoms with Gasteiger partial charge in [0.25, 0.3) is 5.91 Å². The molecule has 4 rings (SSSR count). The Balaban J connectivity index is 1.47. The summed E-state index contributed by atoms with van der Waals surface area (Å²) in [5.41, 5.74) is 1.47. The molecule has 7 heteroatoms. The molecule has 1 fully saturated rings. The summed E-state index contributed by atoms with van der Waals surface area (Å²) < 4.78 is 0. The van der Waals surface area contributed by atoms with Gasteiger partial charge in [0.1, 0.15) is 0 Å². The first-order chi connectivity index (χ1) is 11.7. The number of likely N-dealkylation sites (tertiary alicyclic amines) is 1. The van der Waals surface area contributed by atoms with Gasteiger partial charge in [0.05, 0.1) is 23.9 Å². The number of nitrogens with one attached hydrogen (secondary N) is 2. The summed E-state index contributed by atoms with van der Waals surface area (Å²) in [4.78, 5) is 30.1. The minimum Gasteiger partial charge on any atom is -0.332 e. The lowest BCUT2D eigenvalue weighted by Gasteiger charge is -2.28. The third kappa shape index (κ3) is 2.93. The van der Waals surface area contributed by atoms with Crippen LogP contribution in [0.25, 0.3) is 0 Å². The van der Waals surface area contributed by atoms with Gasteiger partial charge in [-0.1, -0.05) is 12.5 Å². The molecule has 3 aliphatic rings. The lowest BCUT2D eigenvalue weighted by Crippen LogP contribution is -2.44. The van der Waals surface area contributed by atoms with Gasteiger partial charge >= 0.3 is 6.03 Å². The number of hydrogen-bond donors (Lipinski definition) is 2. The Hall–Kier alpha value is -1.86. The van der Waals surface area contributed by atoms with Crippen LogP contribution in [0.5, 0.6) is 0 Å². The van der Waals surface area contributed by atoms with Crippen LogP contribution in [0.15, 0.2) is 28.8 Å². The van der Waals surface area contributed by atoms with Gasteiger partial charge in [-0.05, 0) is 37.4 Å². The van der Waals surface area contributed by atoms with Crippen molar-refractivity contribution >= 4 is 23.3 Å². The van der Waals surface area contributed by atoms with Crippen molar-refractivity contribution in [2.24, 2.45) is 0 Å². The molecule has 4 heterocycles. The van der Waals surface area contributed by atoms with E-state index in [0.29, 0.717) is 12.1 Å². The fourth-order valence-electron chi connectivity index (χ4n) is 3.72. The minimum atomic E-state index is -0.318. The second kappa shape index (κ2) is 6.57. The molecule has 6 nitrogen and oxygen atoms in total. The highest BCUT2D eigenvalue weighted by molar-refractivity contribution is 7.10. The predicted molar refractivity (Wildman–Crippen MR) is 92.6 cm³/mol. The van der Waals surface area contributed by atoms with Crippen molar-refractivity contribution in [2.75, 3.05) is 32.7 Å². The van der Waals surface area contributed by atoms with Crippen molar-refractivity contribution in [2.45, 2.75) is 25.3 Å². The van der Waals surface area contributed by atoms with E-state index in [1.54, 1.807) is 11.3 Å². The van der Waals surface area contributed by atoms with E-state index in [1.807, 2.05) is 22.4 Å². The topological polar surface area (TPSA) is 64.7 Å². The smallest absolute Gasteiger partial charge is 0.319 e. The lowest BCUT2D eigenvalue weighted by atomic mass is 10.0. The molecular weight excluding hydrogens is 324 g/mol.